The first kappa shape index (κ1) is 19.2. The number of alkyl halides is 3. The van der Waals surface area contributed by atoms with E-state index in [1.54, 1.807) is 12.1 Å². The van der Waals surface area contributed by atoms with E-state index in [2.05, 4.69) is 17.2 Å². The van der Waals surface area contributed by atoms with Crippen LogP contribution in [0.1, 0.15) is 31.0 Å². The Balaban J connectivity index is 1.46. The molecular weight excluding hydrogens is 370 g/mol. The molecule has 1 aliphatic carbocycles. The fraction of sp³-hybridized carbons (Fsp3) is 0.476. The molecule has 0 radical (unpaired) electrons. The molecule has 2 heterocycles. The Bertz CT molecular complexity index is 854. The van der Waals surface area contributed by atoms with Gasteiger partial charge in [-0.1, -0.05) is 18.2 Å². The number of halogens is 4. The van der Waals surface area contributed by atoms with Crippen LogP contribution >= 0.6 is 0 Å². The molecular formula is C21H23F4N3. The predicted octanol–water partition coefficient (Wildman–Crippen LogP) is 4.63. The lowest BCUT2D eigenvalue weighted by Gasteiger charge is -2.33. The molecule has 1 aliphatic heterocycles. The third-order valence-corrected chi connectivity index (χ3v) is 6.23. The van der Waals surface area contributed by atoms with Crippen molar-refractivity contribution in [2.24, 2.45) is 11.8 Å². The topological polar surface area (TPSA) is 28.2 Å². The van der Waals surface area contributed by atoms with Gasteiger partial charge in [0.15, 0.2) is 0 Å². The number of hydrogen-bond donors (Lipinski definition) is 1. The highest BCUT2D eigenvalue weighted by Crippen LogP contribution is 2.46. The van der Waals surface area contributed by atoms with Gasteiger partial charge in [-0.15, -0.1) is 0 Å². The molecule has 1 aromatic carbocycles. The first-order valence-electron chi connectivity index (χ1n) is 9.53. The van der Waals surface area contributed by atoms with Gasteiger partial charge in [0.05, 0.1) is 0 Å². The van der Waals surface area contributed by atoms with Gasteiger partial charge in [-0.2, -0.15) is 13.2 Å². The molecule has 2 aliphatic rings. The largest absolute Gasteiger partial charge is 0.433 e. The van der Waals surface area contributed by atoms with Crippen LogP contribution in [0, 0.1) is 17.7 Å². The Kier molecular flexibility index (Phi) is 4.81. The van der Waals surface area contributed by atoms with Crippen molar-refractivity contribution in [1.29, 1.82) is 0 Å². The van der Waals surface area contributed by atoms with Crippen molar-refractivity contribution in [3.05, 3.63) is 59.5 Å². The number of pyridine rings is 1. The number of nitrogens with zero attached hydrogens (tertiary/aromatic N) is 2. The van der Waals surface area contributed by atoms with Crippen LogP contribution in [0.2, 0.25) is 0 Å². The fourth-order valence-corrected chi connectivity index (χ4v) is 4.67. The lowest BCUT2D eigenvalue weighted by Crippen LogP contribution is -2.47. The third kappa shape index (κ3) is 3.72. The van der Waals surface area contributed by atoms with Gasteiger partial charge < -0.3 is 10.2 Å². The highest BCUT2D eigenvalue weighted by Gasteiger charge is 2.49. The first-order chi connectivity index (χ1) is 13.2. The fourth-order valence-electron chi connectivity index (χ4n) is 4.67. The summed E-state index contributed by atoms with van der Waals surface area (Å²) in [5.41, 5.74) is -0.0963. The Hall–Kier alpha value is -2.15. The van der Waals surface area contributed by atoms with Crippen molar-refractivity contribution in [3.63, 3.8) is 0 Å². The second-order valence-corrected chi connectivity index (χ2v) is 8.09. The lowest BCUT2D eigenvalue weighted by molar-refractivity contribution is -0.141. The quantitative estimate of drug-likeness (QED) is 0.768. The molecule has 1 aromatic heterocycles. The van der Waals surface area contributed by atoms with E-state index < -0.39 is 11.9 Å². The van der Waals surface area contributed by atoms with E-state index >= 15 is 0 Å². The van der Waals surface area contributed by atoms with Crippen LogP contribution in [0.3, 0.4) is 0 Å². The van der Waals surface area contributed by atoms with Crippen molar-refractivity contribution in [1.82, 2.24) is 10.3 Å². The maximum atomic E-state index is 13.4. The highest BCUT2D eigenvalue weighted by molar-refractivity contribution is 5.42. The predicted molar refractivity (Wildman–Crippen MR) is 99.3 cm³/mol. The van der Waals surface area contributed by atoms with Gasteiger partial charge in [-0.3, -0.25) is 0 Å². The summed E-state index contributed by atoms with van der Waals surface area (Å²) in [6.07, 6.45) is -2.42. The highest BCUT2D eigenvalue weighted by atomic mass is 19.4. The molecule has 150 valence electrons. The van der Waals surface area contributed by atoms with Crippen LogP contribution in [0.25, 0.3) is 0 Å². The molecule has 0 amide bonds. The minimum atomic E-state index is -4.44. The van der Waals surface area contributed by atoms with Gasteiger partial charge >= 0.3 is 6.18 Å². The molecule has 0 bridgehead atoms. The monoisotopic (exact) mass is 393 g/mol. The molecule has 28 heavy (non-hydrogen) atoms. The molecule has 0 unspecified atom stereocenters. The van der Waals surface area contributed by atoms with E-state index in [-0.39, 0.29) is 11.4 Å². The number of benzene rings is 1. The molecule has 3 nitrogen and oxygen atoms in total. The average Bonchev–Trinajstić information content (AvgIpc) is 3.21. The summed E-state index contributed by atoms with van der Waals surface area (Å²) >= 11 is 0. The van der Waals surface area contributed by atoms with Crippen molar-refractivity contribution in [3.8, 4) is 0 Å². The van der Waals surface area contributed by atoms with Gasteiger partial charge in [0.25, 0.3) is 0 Å². The normalized spacial score (nSPS) is 27.2. The number of aromatic nitrogens is 1. The third-order valence-electron chi connectivity index (χ3n) is 6.23. The van der Waals surface area contributed by atoms with Crippen molar-refractivity contribution in [2.75, 3.05) is 18.0 Å². The van der Waals surface area contributed by atoms with Gasteiger partial charge in [0.2, 0.25) is 0 Å². The molecule has 2 aromatic rings. The van der Waals surface area contributed by atoms with E-state index in [1.165, 1.54) is 18.2 Å². The number of nitrogens with one attached hydrogen (secondary N) is 1. The summed E-state index contributed by atoms with van der Waals surface area (Å²) in [5, 5.41) is 3.59. The number of anilines is 1. The van der Waals surface area contributed by atoms with E-state index in [1.807, 2.05) is 11.0 Å². The SMILES string of the molecule is C[C@]1(NCc2cccc(F)c2)CC[C@@H]2CN(c3cccc(C(F)(F)F)n3)C[C@@H]21. The molecule has 0 spiro atoms. The second-order valence-electron chi connectivity index (χ2n) is 8.09. The number of rotatable bonds is 4. The lowest BCUT2D eigenvalue weighted by atomic mass is 9.86. The van der Waals surface area contributed by atoms with E-state index in [0.29, 0.717) is 30.7 Å². The summed E-state index contributed by atoms with van der Waals surface area (Å²) in [7, 11) is 0. The molecule has 4 rings (SSSR count). The maximum Gasteiger partial charge on any atom is 0.433 e. The summed E-state index contributed by atoms with van der Waals surface area (Å²) in [5.74, 6) is 0.867. The van der Waals surface area contributed by atoms with Crippen molar-refractivity contribution >= 4 is 5.82 Å². The second kappa shape index (κ2) is 7.03. The molecule has 1 saturated heterocycles. The van der Waals surface area contributed by atoms with Crippen LogP contribution in [0.15, 0.2) is 42.5 Å². The van der Waals surface area contributed by atoms with Gasteiger partial charge in [-0.05, 0) is 61.4 Å². The Morgan fingerprint density at radius 2 is 1.96 bits per heavy atom. The van der Waals surface area contributed by atoms with Crippen LogP contribution in [0.5, 0.6) is 0 Å². The van der Waals surface area contributed by atoms with Crippen LogP contribution < -0.4 is 10.2 Å². The van der Waals surface area contributed by atoms with Gasteiger partial charge in [0.1, 0.15) is 17.3 Å². The molecule has 3 atom stereocenters. The Morgan fingerprint density at radius 1 is 1.18 bits per heavy atom. The standard InChI is InChI=1S/C21H23F4N3/c1-20(26-11-14-4-2-5-16(22)10-14)9-8-15-12-28(13-17(15)20)19-7-3-6-18(27-19)21(23,24)25/h2-7,10,15,17,26H,8-9,11-13H2,1H3/t15-,17+,20+/m1/s1. The van der Waals surface area contributed by atoms with E-state index in [9.17, 15) is 17.6 Å². The van der Waals surface area contributed by atoms with Crippen LogP contribution in [-0.4, -0.2) is 23.6 Å². The smallest absolute Gasteiger partial charge is 0.356 e. The Morgan fingerprint density at radius 3 is 2.71 bits per heavy atom. The molecule has 7 heteroatoms. The average molecular weight is 393 g/mol. The zero-order chi connectivity index (χ0) is 19.9. The maximum absolute atomic E-state index is 13.4. The molecule has 1 N–H and O–H groups in total. The summed E-state index contributed by atoms with van der Waals surface area (Å²) in [4.78, 5) is 5.81. The summed E-state index contributed by atoms with van der Waals surface area (Å²) in [6.45, 7) is 4.13. The molecule has 1 saturated carbocycles. The Labute approximate surface area is 161 Å². The van der Waals surface area contributed by atoms with Crippen LogP contribution in [0.4, 0.5) is 23.4 Å². The van der Waals surface area contributed by atoms with Gasteiger partial charge in [0, 0.05) is 25.2 Å². The minimum Gasteiger partial charge on any atom is -0.356 e. The van der Waals surface area contributed by atoms with E-state index in [4.69, 9.17) is 0 Å². The van der Waals surface area contributed by atoms with Crippen LogP contribution in [-0.2, 0) is 12.7 Å². The number of fused-ring (bicyclic) bond motifs is 1. The zero-order valence-corrected chi connectivity index (χ0v) is 15.6. The zero-order valence-electron chi connectivity index (χ0n) is 15.6. The van der Waals surface area contributed by atoms with E-state index in [0.717, 1.165) is 31.0 Å². The summed E-state index contributed by atoms with van der Waals surface area (Å²) in [6, 6.07) is 10.6. The van der Waals surface area contributed by atoms with Gasteiger partial charge in [-0.25, -0.2) is 9.37 Å². The first-order valence-corrected chi connectivity index (χ1v) is 9.53. The van der Waals surface area contributed by atoms with Crippen molar-refractivity contribution in [2.45, 2.75) is 38.0 Å². The van der Waals surface area contributed by atoms with Crippen molar-refractivity contribution < 1.29 is 17.6 Å². The molecule has 2 fully saturated rings. The minimum absolute atomic E-state index is 0.132. The summed E-state index contributed by atoms with van der Waals surface area (Å²) < 4.78 is 52.4. The number of hydrogen-bond acceptors (Lipinski definition) is 3.